The van der Waals surface area contributed by atoms with E-state index in [1.54, 1.807) is 0 Å². The molecular formula is C12H23N3O2S. The van der Waals surface area contributed by atoms with Gasteiger partial charge >= 0.3 is 0 Å². The number of carbonyl (C=O) groups is 1. The van der Waals surface area contributed by atoms with E-state index in [4.69, 9.17) is 10.9 Å². The van der Waals surface area contributed by atoms with Crippen molar-refractivity contribution in [3.8, 4) is 0 Å². The second kappa shape index (κ2) is 6.87. The number of amidine groups is 1. The molecule has 1 aliphatic rings. The normalized spacial score (nSPS) is 20.7. The maximum absolute atomic E-state index is 12.0. The maximum atomic E-state index is 12.0. The second-order valence-electron chi connectivity index (χ2n) is 4.80. The Morgan fingerprint density at radius 1 is 1.56 bits per heavy atom. The van der Waals surface area contributed by atoms with Gasteiger partial charge in [0.1, 0.15) is 0 Å². The molecule has 0 spiro atoms. The van der Waals surface area contributed by atoms with Crippen LogP contribution in [-0.2, 0) is 4.79 Å². The van der Waals surface area contributed by atoms with Crippen molar-refractivity contribution in [2.75, 3.05) is 12.8 Å². The van der Waals surface area contributed by atoms with E-state index < -0.39 is 5.92 Å². The molecule has 1 amide bonds. The van der Waals surface area contributed by atoms with Gasteiger partial charge in [-0.25, -0.2) is 0 Å². The van der Waals surface area contributed by atoms with E-state index in [1.165, 1.54) is 12.8 Å². The smallest absolute Gasteiger partial charge is 0.230 e. The lowest BCUT2D eigenvalue weighted by Gasteiger charge is -2.27. The van der Waals surface area contributed by atoms with E-state index in [0.717, 1.165) is 12.8 Å². The van der Waals surface area contributed by atoms with Gasteiger partial charge in [-0.2, -0.15) is 11.8 Å². The van der Waals surface area contributed by atoms with Crippen LogP contribution in [0.4, 0.5) is 0 Å². The van der Waals surface area contributed by atoms with Crippen LogP contribution in [-0.4, -0.2) is 34.5 Å². The largest absolute Gasteiger partial charge is 0.409 e. The van der Waals surface area contributed by atoms with Gasteiger partial charge in [-0.15, -0.1) is 0 Å². The standard InChI is InChI=1S/C12H23N3O2S/c1-3-9(10(13)15-17)11(16)14-8-12(18-2)6-4-5-7-12/h9,17H,3-8H2,1-2H3,(H2,13,15)(H,14,16). The van der Waals surface area contributed by atoms with E-state index in [1.807, 2.05) is 18.7 Å². The van der Waals surface area contributed by atoms with E-state index in [0.29, 0.717) is 13.0 Å². The minimum Gasteiger partial charge on any atom is -0.409 e. The fraction of sp³-hybridized carbons (Fsp3) is 0.833. The fourth-order valence-corrected chi connectivity index (χ4v) is 3.36. The third-order valence-corrected chi connectivity index (χ3v) is 5.15. The van der Waals surface area contributed by atoms with Crippen molar-refractivity contribution in [1.82, 2.24) is 5.32 Å². The highest BCUT2D eigenvalue weighted by atomic mass is 32.2. The van der Waals surface area contributed by atoms with Gasteiger partial charge in [-0.1, -0.05) is 24.9 Å². The Bertz CT molecular complexity index is 314. The Morgan fingerprint density at radius 3 is 2.61 bits per heavy atom. The van der Waals surface area contributed by atoms with Gasteiger partial charge in [0.25, 0.3) is 0 Å². The topological polar surface area (TPSA) is 87.7 Å². The van der Waals surface area contributed by atoms with Gasteiger partial charge < -0.3 is 16.3 Å². The first-order valence-corrected chi connectivity index (χ1v) is 7.61. The first-order valence-electron chi connectivity index (χ1n) is 6.39. The number of carbonyl (C=O) groups excluding carboxylic acids is 1. The van der Waals surface area contributed by atoms with Crippen LogP contribution in [0.2, 0.25) is 0 Å². The molecule has 1 atom stereocenters. The third-order valence-electron chi connectivity index (χ3n) is 3.73. The molecule has 18 heavy (non-hydrogen) atoms. The van der Waals surface area contributed by atoms with Crippen LogP contribution in [0.3, 0.4) is 0 Å². The Labute approximate surface area is 113 Å². The SMILES string of the molecule is CCC(C(=O)NCC1(SC)CCCC1)C(N)=NO. The number of nitrogens with two attached hydrogens (primary N) is 1. The molecule has 0 bridgehead atoms. The molecule has 5 nitrogen and oxygen atoms in total. The summed E-state index contributed by atoms with van der Waals surface area (Å²) in [6.07, 6.45) is 7.39. The van der Waals surface area contributed by atoms with Crippen LogP contribution in [0.25, 0.3) is 0 Å². The number of thioether (sulfide) groups is 1. The van der Waals surface area contributed by atoms with Crippen molar-refractivity contribution in [3.05, 3.63) is 0 Å². The minimum absolute atomic E-state index is 0.0142. The molecule has 0 aromatic rings. The average Bonchev–Trinajstić information content (AvgIpc) is 2.86. The van der Waals surface area contributed by atoms with Gasteiger partial charge in [0.2, 0.25) is 5.91 Å². The molecule has 0 aromatic carbocycles. The maximum Gasteiger partial charge on any atom is 0.230 e. The molecule has 0 heterocycles. The molecule has 1 fully saturated rings. The molecule has 1 rings (SSSR count). The number of nitrogens with zero attached hydrogens (tertiary/aromatic N) is 1. The molecule has 1 aliphatic carbocycles. The van der Waals surface area contributed by atoms with Gasteiger partial charge in [0, 0.05) is 11.3 Å². The van der Waals surface area contributed by atoms with E-state index in [-0.39, 0.29) is 16.5 Å². The summed E-state index contributed by atoms with van der Waals surface area (Å²) in [5.41, 5.74) is 5.51. The third kappa shape index (κ3) is 3.54. The minimum atomic E-state index is -0.532. The number of amides is 1. The fourth-order valence-electron chi connectivity index (χ4n) is 2.44. The zero-order chi connectivity index (χ0) is 13.6. The summed E-state index contributed by atoms with van der Waals surface area (Å²) in [6, 6.07) is 0. The van der Waals surface area contributed by atoms with E-state index in [9.17, 15) is 4.79 Å². The summed E-state index contributed by atoms with van der Waals surface area (Å²) in [5, 5.41) is 14.5. The van der Waals surface area contributed by atoms with Crippen LogP contribution >= 0.6 is 11.8 Å². The lowest BCUT2D eigenvalue weighted by Crippen LogP contribution is -2.44. The quantitative estimate of drug-likeness (QED) is 0.296. The van der Waals surface area contributed by atoms with Gasteiger partial charge in [-0.05, 0) is 25.5 Å². The van der Waals surface area contributed by atoms with Crippen LogP contribution in [0, 0.1) is 5.92 Å². The number of hydrogen-bond acceptors (Lipinski definition) is 4. The Balaban J connectivity index is 2.54. The van der Waals surface area contributed by atoms with Gasteiger partial charge in [-0.3, -0.25) is 4.79 Å². The molecule has 0 aromatic heterocycles. The molecule has 1 saturated carbocycles. The van der Waals surface area contributed by atoms with Crippen molar-refractivity contribution < 1.29 is 10.0 Å². The van der Waals surface area contributed by atoms with Crippen LogP contribution in [0.5, 0.6) is 0 Å². The zero-order valence-electron chi connectivity index (χ0n) is 11.1. The summed E-state index contributed by atoms with van der Waals surface area (Å²) in [5.74, 6) is -0.692. The van der Waals surface area contributed by atoms with Crippen molar-refractivity contribution in [3.63, 3.8) is 0 Å². The average molecular weight is 273 g/mol. The van der Waals surface area contributed by atoms with E-state index in [2.05, 4.69) is 16.7 Å². The van der Waals surface area contributed by atoms with Crippen molar-refractivity contribution in [2.45, 2.75) is 43.8 Å². The molecular weight excluding hydrogens is 250 g/mol. The summed E-state index contributed by atoms with van der Waals surface area (Å²) in [6.45, 7) is 2.52. The van der Waals surface area contributed by atoms with Crippen molar-refractivity contribution in [2.24, 2.45) is 16.8 Å². The summed E-state index contributed by atoms with van der Waals surface area (Å²) >= 11 is 1.83. The van der Waals surface area contributed by atoms with Crippen molar-refractivity contribution >= 4 is 23.5 Å². The molecule has 1 unspecified atom stereocenters. The highest BCUT2D eigenvalue weighted by Crippen LogP contribution is 2.39. The lowest BCUT2D eigenvalue weighted by molar-refractivity contribution is -0.123. The van der Waals surface area contributed by atoms with E-state index >= 15 is 0 Å². The molecule has 104 valence electrons. The highest BCUT2D eigenvalue weighted by molar-refractivity contribution is 8.00. The number of oxime groups is 1. The van der Waals surface area contributed by atoms with Crippen LogP contribution in [0.15, 0.2) is 5.16 Å². The predicted octanol–water partition coefficient (Wildman–Crippen LogP) is 1.55. The summed E-state index contributed by atoms with van der Waals surface area (Å²) in [4.78, 5) is 12.0. The summed E-state index contributed by atoms with van der Waals surface area (Å²) in [7, 11) is 0. The first-order chi connectivity index (χ1) is 8.58. The predicted molar refractivity (Wildman–Crippen MR) is 74.9 cm³/mol. The number of rotatable bonds is 6. The lowest BCUT2D eigenvalue weighted by atomic mass is 10.0. The van der Waals surface area contributed by atoms with Gasteiger partial charge in [0.15, 0.2) is 5.84 Å². The highest BCUT2D eigenvalue weighted by Gasteiger charge is 2.34. The second-order valence-corrected chi connectivity index (χ2v) is 6.07. The number of hydrogen-bond donors (Lipinski definition) is 3. The monoisotopic (exact) mass is 273 g/mol. The van der Waals surface area contributed by atoms with Crippen LogP contribution < -0.4 is 11.1 Å². The molecule has 0 aliphatic heterocycles. The van der Waals surface area contributed by atoms with Crippen LogP contribution in [0.1, 0.15) is 39.0 Å². The molecule has 0 radical (unpaired) electrons. The summed E-state index contributed by atoms with van der Waals surface area (Å²) < 4.78 is 0.180. The molecule has 0 saturated heterocycles. The van der Waals surface area contributed by atoms with Gasteiger partial charge in [0.05, 0.1) is 5.92 Å². The Hall–Kier alpha value is -0.910. The zero-order valence-corrected chi connectivity index (χ0v) is 11.9. The molecule has 4 N–H and O–H groups in total. The van der Waals surface area contributed by atoms with Crippen molar-refractivity contribution in [1.29, 1.82) is 0 Å². The molecule has 6 heteroatoms. The first kappa shape index (κ1) is 15.1. The Kier molecular flexibility index (Phi) is 5.78. The Morgan fingerprint density at radius 2 is 2.17 bits per heavy atom. The number of nitrogens with one attached hydrogen (secondary N) is 1.